The van der Waals surface area contributed by atoms with Crippen LogP contribution in [0.3, 0.4) is 0 Å². The van der Waals surface area contributed by atoms with E-state index in [1.54, 1.807) is 6.92 Å². The lowest BCUT2D eigenvalue weighted by atomic mass is 10.1. The number of aromatic amines is 1. The van der Waals surface area contributed by atoms with E-state index in [9.17, 15) is 14.0 Å². The van der Waals surface area contributed by atoms with Gasteiger partial charge >= 0.3 is 0 Å². The molecule has 2 N–H and O–H groups in total. The van der Waals surface area contributed by atoms with Gasteiger partial charge < -0.3 is 14.2 Å². The third kappa shape index (κ3) is 5.08. The molecule has 0 aliphatic rings. The average molecular weight is 505 g/mol. The Balaban J connectivity index is 1.73. The Morgan fingerprint density at radius 1 is 0.946 bits per heavy atom. The molecule has 1 aromatic heterocycles. The minimum Gasteiger partial charge on any atom is -0.493 e. The second kappa shape index (κ2) is 10.8. The highest BCUT2D eigenvalue weighted by Crippen LogP contribution is 2.38. The Morgan fingerprint density at radius 3 is 2.14 bits per heavy atom. The molecule has 0 saturated heterocycles. The maximum absolute atomic E-state index is 13.5. The van der Waals surface area contributed by atoms with E-state index in [2.05, 4.69) is 15.6 Å². The Kier molecular flexibility index (Phi) is 7.38. The highest BCUT2D eigenvalue weighted by atomic mass is 19.1. The number of hydrazone groups is 1. The Morgan fingerprint density at radius 2 is 1.57 bits per heavy atom. The van der Waals surface area contributed by atoms with Gasteiger partial charge in [0.2, 0.25) is 5.75 Å². The lowest BCUT2D eigenvalue weighted by molar-refractivity contribution is 0.0954. The number of nitrogens with zero attached hydrogens (tertiary/aromatic N) is 2. The number of H-pyrrole nitrogens is 1. The first-order valence-electron chi connectivity index (χ1n) is 11.2. The van der Waals surface area contributed by atoms with Crippen LogP contribution in [0.2, 0.25) is 0 Å². The molecule has 0 aliphatic carbocycles. The van der Waals surface area contributed by atoms with Crippen molar-refractivity contribution in [3.8, 4) is 34.2 Å². The average Bonchev–Trinajstić information content (AvgIpc) is 3.28. The summed E-state index contributed by atoms with van der Waals surface area (Å²) in [5.41, 5.74) is 4.49. The van der Waals surface area contributed by atoms with Crippen molar-refractivity contribution in [1.82, 2.24) is 15.2 Å². The summed E-state index contributed by atoms with van der Waals surface area (Å²) in [5.74, 6) is 0.00883. The van der Waals surface area contributed by atoms with E-state index in [0.29, 0.717) is 28.6 Å². The monoisotopic (exact) mass is 504 g/mol. The summed E-state index contributed by atoms with van der Waals surface area (Å²) in [7, 11) is 4.36. The maximum atomic E-state index is 13.5. The van der Waals surface area contributed by atoms with Crippen LogP contribution in [0.25, 0.3) is 16.9 Å². The molecule has 0 bridgehead atoms. The molecule has 37 heavy (non-hydrogen) atoms. The second-order valence-corrected chi connectivity index (χ2v) is 7.90. The van der Waals surface area contributed by atoms with Gasteiger partial charge in [-0.2, -0.15) is 5.10 Å². The smallest absolute Gasteiger partial charge is 0.281 e. The Bertz CT molecular complexity index is 1480. The molecule has 190 valence electrons. The van der Waals surface area contributed by atoms with Gasteiger partial charge in [0.05, 0.1) is 44.0 Å². The summed E-state index contributed by atoms with van der Waals surface area (Å²) < 4.78 is 30.7. The molecular formula is C27H25FN4O5. The number of hydrogen-bond donors (Lipinski definition) is 2. The summed E-state index contributed by atoms with van der Waals surface area (Å²) in [4.78, 5) is 26.4. The Hall–Kier alpha value is -4.86. The molecule has 0 radical (unpaired) electrons. The molecule has 0 unspecified atom stereocenters. The molecule has 4 rings (SSSR count). The van der Waals surface area contributed by atoms with Crippen molar-refractivity contribution in [3.05, 3.63) is 94.0 Å². The first kappa shape index (κ1) is 25.2. The number of halogens is 1. The number of amides is 1. The minimum atomic E-state index is -0.547. The first-order valence-corrected chi connectivity index (χ1v) is 11.2. The van der Waals surface area contributed by atoms with Crippen LogP contribution in [-0.4, -0.2) is 42.7 Å². The topological polar surface area (TPSA) is 107 Å². The predicted molar refractivity (Wildman–Crippen MR) is 138 cm³/mol. The van der Waals surface area contributed by atoms with Crippen LogP contribution in [0, 0.1) is 5.82 Å². The molecule has 0 spiro atoms. The third-order valence-corrected chi connectivity index (χ3v) is 5.65. The van der Waals surface area contributed by atoms with Crippen molar-refractivity contribution in [2.75, 3.05) is 21.3 Å². The van der Waals surface area contributed by atoms with Gasteiger partial charge in [0, 0.05) is 11.1 Å². The van der Waals surface area contributed by atoms with E-state index < -0.39 is 17.3 Å². The normalized spacial score (nSPS) is 11.2. The van der Waals surface area contributed by atoms with E-state index in [0.717, 1.165) is 5.56 Å². The number of carbonyl (C=O) groups excluding carboxylic acids is 1. The van der Waals surface area contributed by atoms with E-state index >= 15 is 0 Å². The first-order chi connectivity index (χ1) is 17.9. The van der Waals surface area contributed by atoms with Gasteiger partial charge in [-0.3, -0.25) is 14.7 Å². The largest absolute Gasteiger partial charge is 0.493 e. The van der Waals surface area contributed by atoms with Crippen molar-refractivity contribution < 1.29 is 23.4 Å². The standard InChI is InChI=1S/C27H25FN4O5/c1-16(29-30-26(33)18-14-21(35-2)25(37-4)22(15-18)36-3)23-24(17-8-6-5-7-9-17)31-32(27(23)34)20-12-10-19(28)11-13-20/h5-15,31H,1-4H3,(H,30,33)/b29-16+. The molecule has 0 aliphatic heterocycles. The molecule has 9 nitrogen and oxygen atoms in total. The van der Waals surface area contributed by atoms with Crippen molar-refractivity contribution in [2.24, 2.45) is 5.10 Å². The highest BCUT2D eigenvalue weighted by Gasteiger charge is 2.21. The van der Waals surface area contributed by atoms with Gasteiger partial charge in [-0.1, -0.05) is 30.3 Å². The highest BCUT2D eigenvalue weighted by molar-refractivity contribution is 6.04. The van der Waals surface area contributed by atoms with Crippen LogP contribution in [0.4, 0.5) is 4.39 Å². The van der Waals surface area contributed by atoms with E-state index in [1.165, 1.54) is 62.4 Å². The molecule has 0 fully saturated rings. The van der Waals surface area contributed by atoms with E-state index in [4.69, 9.17) is 14.2 Å². The predicted octanol–water partition coefficient (Wildman–Crippen LogP) is 4.15. The molecule has 1 amide bonds. The third-order valence-electron chi connectivity index (χ3n) is 5.65. The minimum absolute atomic E-state index is 0.215. The molecule has 0 saturated carbocycles. The van der Waals surface area contributed by atoms with Gasteiger partial charge in [0.25, 0.3) is 11.5 Å². The quantitative estimate of drug-likeness (QED) is 0.277. The van der Waals surface area contributed by atoms with E-state index in [-0.39, 0.29) is 16.8 Å². The Labute approximate surface area is 212 Å². The number of hydrogen-bond acceptors (Lipinski definition) is 6. The van der Waals surface area contributed by atoms with Crippen molar-refractivity contribution in [3.63, 3.8) is 0 Å². The SMILES string of the molecule is COc1cc(C(=O)N/N=C(\C)c2c(-c3ccccc3)[nH]n(-c3ccc(F)cc3)c2=O)cc(OC)c1OC. The van der Waals surface area contributed by atoms with Gasteiger partial charge in [0.15, 0.2) is 11.5 Å². The lowest BCUT2D eigenvalue weighted by Gasteiger charge is -2.13. The number of carbonyl (C=O) groups is 1. The van der Waals surface area contributed by atoms with Crippen LogP contribution < -0.4 is 25.2 Å². The van der Waals surface area contributed by atoms with E-state index in [1.807, 2.05) is 30.3 Å². The molecule has 1 heterocycles. The maximum Gasteiger partial charge on any atom is 0.281 e. The summed E-state index contributed by atoms with van der Waals surface area (Å²) in [5, 5.41) is 7.29. The van der Waals surface area contributed by atoms with Gasteiger partial charge in [-0.25, -0.2) is 14.5 Å². The zero-order valence-electron chi connectivity index (χ0n) is 20.7. The van der Waals surface area contributed by atoms with Gasteiger partial charge in [0.1, 0.15) is 5.82 Å². The van der Waals surface area contributed by atoms with Crippen LogP contribution in [-0.2, 0) is 0 Å². The summed E-state index contributed by atoms with van der Waals surface area (Å²) in [6, 6.07) is 17.7. The second-order valence-electron chi connectivity index (χ2n) is 7.90. The summed E-state index contributed by atoms with van der Waals surface area (Å²) in [6.07, 6.45) is 0. The van der Waals surface area contributed by atoms with Gasteiger partial charge in [-0.15, -0.1) is 0 Å². The van der Waals surface area contributed by atoms with Crippen molar-refractivity contribution in [2.45, 2.75) is 6.92 Å². The lowest BCUT2D eigenvalue weighted by Crippen LogP contribution is -2.23. The zero-order valence-corrected chi connectivity index (χ0v) is 20.7. The number of aromatic nitrogens is 2. The number of methoxy groups -OCH3 is 3. The van der Waals surface area contributed by atoms with Crippen LogP contribution in [0.1, 0.15) is 22.8 Å². The zero-order chi connectivity index (χ0) is 26.5. The van der Waals surface area contributed by atoms with Crippen molar-refractivity contribution in [1.29, 1.82) is 0 Å². The number of benzene rings is 3. The van der Waals surface area contributed by atoms with Crippen LogP contribution in [0.15, 0.2) is 76.6 Å². The number of ether oxygens (including phenoxy) is 3. The fourth-order valence-electron chi connectivity index (χ4n) is 3.83. The van der Waals surface area contributed by atoms with Gasteiger partial charge in [-0.05, 0) is 43.3 Å². The van der Waals surface area contributed by atoms with Crippen LogP contribution >= 0.6 is 0 Å². The van der Waals surface area contributed by atoms with Crippen LogP contribution in [0.5, 0.6) is 17.2 Å². The van der Waals surface area contributed by atoms with Crippen molar-refractivity contribution >= 4 is 11.6 Å². The molecule has 4 aromatic rings. The molecule has 0 atom stereocenters. The fourth-order valence-corrected chi connectivity index (χ4v) is 3.83. The summed E-state index contributed by atoms with van der Waals surface area (Å²) >= 11 is 0. The number of rotatable bonds is 8. The molecular weight excluding hydrogens is 479 g/mol. The number of nitrogens with one attached hydrogen (secondary N) is 2. The molecule has 10 heteroatoms. The molecule has 3 aromatic carbocycles. The summed E-state index contributed by atoms with van der Waals surface area (Å²) in [6.45, 7) is 1.61. The fraction of sp³-hybridized carbons (Fsp3) is 0.148.